The molecule has 0 aliphatic heterocycles. The zero-order valence-corrected chi connectivity index (χ0v) is 18.9. The minimum Gasteiger partial charge on any atom is -0.466 e. The van der Waals surface area contributed by atoms with E-state index in [0.717, 1.165) is 38.5 Å². The predicted molar refractivity (Wildman–Crippen MR) is 116 cm³/mol. The largest absolute Gasteiger partial charge is 0.466 e. The number of carbonyl (C=O) groups is 3. The van der Waals surface area contributed by atoms with Crippen molar-refractivity contribution in [2.45, 2.75) is 110 Å². The van der Waals surface area contributed by atoms with Crippen molar-refractivity contribution in [1.82, 2.24) is 5.32 Å². The van der Waals surface area contributed by atoms with Gasteiger partial charge in [0.25, 0.3) is 0 Å². The first-order valence-electron chi connectivity index (χ1n) is 11.6. The zero-order valence-electron chi connectivity index (χ0n) is 18.9. The molecule has 1 unspecified atom stereocenters. The number of ketones is 1. The quantitative estimate of drug-likeness (QED) is 0.229. The molecule has 6 nitrogen and oxygen atoms in total. The molecule has 0 spiro atoms. The lowest BCUT2D eigenvalue weighted by atomic mass is 10.1. The van der Waals surface area contributed by atoms with E-state index in [2.05, 4.69) is 12.2 Å². The molecule has 170 valence electrons. The summed E-state index contributed by atoms with van der Waals surface area (Å²) in [5.74, 6) is -0.129. The molecule has 0 amide bonds. The highest BCUT2D eigenvalue weighted by atomic mass is 16.5. The number of unbranched alkanes of at least 4 members (excludes halogenated alkanes) is 7. The van der Waals surface area contributed by atoms with Crippen LogP contribution in [-0.4, -0.2) is 43.5 Å². The second-order valence-corrected chi connectivity index (χ2v) is 7.47. The van der Waals surface area contributed by atoms with Gasteiger partial charge < -0.3 is 14.8 Å². The minimum atomic E-state index is -0.364. The smallest absolute Gasteiger partial charge is 0.323 e. The summed E-state index contributed by atoms with van der Waals surface area (Å²) >= 11 is 0. The molecule has 1 N–H and O–H groups in total. The minimum absolute atomic E-state index is 0.145. The van der Waals surface area contributed by atoms with Crippen LogP contribution in [0.2, 0.25) is 0 Å². The van der Waals surface area contributed by atoms with Crippen LogP contribution in [0.3, 0.4) is 0 Å². The molecule has 0 aromatic carbocycles. The molecule has 0 aromatic rings. The van der Waals surface area contributed by atoms with Crippen LogP contribution in [0.4, 0.5) is 0 Å². The Balaban J connectivity index is 4.00. The molecule has 29 heavy (non-hydrogen) atoms. The fraction of sp³-hybridized carbons (Fsp3) is 0.870. The van der Waals surface area contributed by atoms with E-state index >= 15 is 0 Å². The number of Topliss-reactive ketones (excluding diaryl/α,β-unsaturated/α-hetero) is 1. The van der Waals surface area contributed by atoms with Crippen molar-refractivity contribution in [1.29, 1.82) is 0 Å². The Hall–Kier alpha value is -1.43. The lowest BCUT2D eigenvalue weighted by Gasteiger charge is -2.17. The van der Waals surface area contributed by atoms with E-state index in [4.69, 9.17) is 9.47 Å². The lowest BCUT2D eigenvalue weighted by molar-refractivity contribution is -0.146. The first-order valence-corrected chi connectivity index (χ1v) is 11.6. The molecular weight excluding hydrogens is 370 g/mol. The average Bonchev–Trinajstić information content (AvgIpc) is 2.69. The summed E-state index contributed by atoms with van der Waals surface area (Å²) in [7, 11) is 0. The molecule has 0 saturated carbocycles. The Morgan fingerprint density at radius 2 is 1.34 bits per heavy atom. The Bertz CT molecular complexity index is 439. The van der Waals surface area contributed by atoms with Gasteiger partial charge in [0, 0.05) is 25.8 Å². The number of esters is 2. The number of hydrogen-bond donors (Lipinski definition) is 1. The Morgan fingerprint density at radius 1 is 0.724 bits per heavy atom. The van der Waals surface area contributed by atoms with Gasteiger partial charge >= 0.3 is 11.9 Å². The monoisotopic (exact) mass is 413 g/mol. The average molecular weight is 414 g/mol. The van der Waals surface area contributed by atoms with Crippen molar-refractivity contribution in [2.24, 2.45) is 0 Å². The number of rotatable bonds is 20. The fourth-order valence-corrected chi connectivity index (χ4v) is 3.19. The van der Waals surface area contributed by atoms with E-state index < -0.39 is 0 Å². The molecule has 0 aliphatic rings. The SMILES string of the molecule is CCCCCCCC(=O)CCNC(CCCCCCC(=O)OCC)C(=O)OCC. The number of ether oxygens (including phenoxy) is 2. The standard InChI is InChI=1S/C23H43NO5/c1-4-7-8-9-12-15-20(25)18-19-24-21(23(27)29-6-3)16-13-10-11-14-17-22(26)28-5-2/h21,24H,4-19H2,1-3H3. The van der Waals surface area contributed by atoms with Gasteiger partial charge in [0.2, 0.25) is 0 Å². The van der Waals surface area contributed by atoms with Crippen molar-refractivity contribution in [2.75, 3.05) is 19.8 Å². The maximum Gasteiger partial charge on any atom is 0.323 e. The summed E-state index contributed by atoms with van der Waals surface area (Å²) in [4.78, 5) is 35.4. The third kappa shape index (κ3) is 17.2. The van der Waals surface area contributed by atoms with Crippen LogP contribution in [0.25, 0.3) is 0 Å². The zero-order chi connectivity index (χ0) is 21.7. The van der Waals surface area contributed by atoms with Crippen LogP contribution >= 0.6 is 0 Å². The van der Waals surface area contributed by atoms with Gasteiger partial charge in [0.05, 0.1) is 13.2 Å². The number of carbonyl (C=O) groups excluding carboxylic acids is 3. The van der Waals surface area contributed by atoms with Gasteiger partial charge in [-0.2, -0.15) is 0 Å². The normalized spacial score (nSPS) is 11.8. The van der Waals surface area contributed by atoms with E-state index in [1.54, 1.807) is 6.92 Å². The summed E-state index contributed by atoms with van der Waals surface area (Å²) in [5, 5.41) is 3.20. The maximum atomic E-state index is 12.1. The third-order valence-corrected chi connectivity index (χ3v) is 4.85. The topological polar surface area (TPSA) is 81.7 Å². The molecule has 0 aliphatic carbocycles. The van der Waals surface area contributed by atoms with Crippen molar-refractivity contribution < 1.29 is 23.9 Å². The first-order chi connectivity index (χ1) is 14.0. The maximum absolute atomic E-state index is 12.1. The molecule has 1 atom stereocenters. The molecule has 0 rings (SSSR count). The third-order valence-electron chi connectivity index (χ3n) is 4.85. The van der Waals surface area contributed by atoms with E-state index in [9.17, 15) is 14.4 Å². The van der Waals surface area contributed by atoms with Gasteiger partial charge in [0.1, 0.15) is 11.8 Å². The van der Waals surface area contributed by atoms with Gasteiger partial charge in [-0.15, -0.1) is 0 Å². The molecular formula is C23H43NO5. The summed E-state index contributed by atoms with van der Waals surface area (Å²) in [6.07, 6.45) is 11.5. The lowest BCUT2D eigenvalue weighted by Crippen LogP contribution is -2.39. The summed E-state index contributed by atoms with van der Waals surface area (Å²) in [6.45, 7) is 7.08. The highest BCUT2D eigenvalue weighted by Gasteiger charge is 2.19. The summed E-state index contributed by atoms with van der Waals surface area (Å²) < 4.78 is 10.1. The first kappa shape index (κ1) is 27.6. The van der Waals surface area contributed by atoms with Gasteiger partial charge in [-0.05, 0) is 33.1 Å². The second-order valence-electron chi connectivity index (χ2n) is 7.47. The molecule has 0 radical (unpaired) electrons. The van der Waals surface area contributed by atoms with E-state index in [1.807, 2.05) is 6.92 Å². The molecule has 6 heteroatoms. The molecule has 0 aromatic heterocycles. The van der Waals surface area contributed by atoms with Gasteiger partial charge in [0.15, 0.2) is 0 Å². The van der Waals surface area contributed by atoms with Crippen LogP contribution in [0.5, 0.6) is 0 Å². The Labute approximate surface area is 177 Å². The van der Waals surface area contributed by atoms with Crippen LogP contribution in [0.15, 0.2) is 0 Å². The van der Waals surface area contributed by atoms with Crippen molar-refractivity contribution >= 4 is 17.7 Å². The predicted octanol–water partition coefficient (Wildman–Crippen LogP) is 4.73. The fourth-order valence-electron chi connectivity index (χ4n) is 3.19. The van der Waals surface area contributed by atoms with E-state index in [1.165, 1.54) is 19.3 Å². The molecule has 0 bridgehead atoms. The molecule has 0 saturated heterocycles. The van der Waals surface area contributed by atoms with Gasteiger partial charge in [-0.3, -0.25) is 14.4 Å². The van der Waals surface area contributed by atoms with E-state index in [0.29, 0.717) is 45.4 Å². The van der Waals surface area contributed by atoms with Crippen LogP contribution in [-0.2, 0) is 23.9 Å². The highest BCUT2D eigenvalue weighted by molar-refractivity contribution is 5.79. The van der Waals surface area contributed by atoms with Gasteiger partial charge in [-0.25, -0.2) is 0 Å². The van der Waals surface area contributed by atoms with Crippen molar-refractivity contribution in [3.05, 3.63) is 0 Å². The van der Waals surface area contributed by atoms with Crippen molar-refractivity contribution in [3.63, 3.8) is 0 Å². The van der Waals surface area contributed by atoms with Crippen LogP contribution < -0.4 is 5.32 Å². The summed E-state index contributed by atoms with van der Waals surface area (Å²) in [5.41, 5.74) is 0. The number of hydrogen-bond acceptors (Lipinski definition) is 6. The summed E-state index contributed by atoms with van der Waals surface area (Å²) in [6, 6.07) is -0.364. The molecule has 0 heterocycles. The second kappa shape index (κ2) is 19.9. The van der Waals surface area contributed by atoms with E-state index in [-0.39, 0.29) is 23.8 Å². The number of nitrogens with one attached hydrogen (secondary N) is 1. The highest BCUT2D eigenvalue weighted by Crippen LogP contribution is 2.10. The van der Waals surface area contributed by atoms with Crippen molar-refractivity contribution in [3.8, 4) is 0 Å². The Kier molecular flexibility index (Phi) is 18.9. The van der Waals surface area contributed by atoms with Crippen LogP contribution in [0.1, 0.15) is 104 Å². The Morgan fingerprint density at radius 3 is 2.00 bits per heavy atom. The van der Waals surface area contributed by atoms with Crippen LogP contribution in [0, 0.1) is 0 Å². The molecule has 0 fully saturated rings. The van der Waals surface area contributed by atoms with Gasteiger partial charge in [-0.1, -0.05) is 51.9 Å².